The van der Waals surface area contributed by atoms with Gasteiger partial charge in [0.15, 0.2) is 11.5 Å². The van der Waals surface area contributed by atoms with Gasteiger partial charge in [0, 0.05) is 17.5 Å². The molecule has 0 atom stereocenters. The Morgan fingerprint density at radius 3 is 2.84 bits per heavy atom. The lowest BCUT2D eigenvalue weighted by Gasteiger charge is -2.11. The molecule has 1 fully saturated rings. The second-order valence-corrected chi connectivity index (χ2v) is 8.73. The number of hydrogen-bond acceptors (Lipinski definition) is 5. The van der Waals surface area contributed by atoms with Gasteiger partial charge in [0.1, 0.15) is 12.1 Å². The minimum atomic E-state index is -0.00188. The first-order valence-electron chi connectivity index (χ1n) is 10.9. The monoisotopic (exact) mass is 449 g/mol. The molecular weight excluding hydrogens is 426 g/mol. The van der Waals surface area contributed by atoms with E-state index in [1.54, 1.807) is 15.6 Å². The molecule has 0 spiro atoms. The van der Waals surface area contributed by atoms with E-state index in [1.807, 2.05) is 37.3 Å². The topological polar surface area (TPSA) is 90.5 Å². The van der Waals surface area contributed by atoms with Crippen LogP contribution in [-0.2, 0) is 4.79 Å². The lowest BCUT2D eigenvalue weighted by atomic mass is 10.0. The Labute approximate surface area is 190 Å². The zero-order valence-electron chi connectivity index (χ0n) is 17.8. The van der Waals surface area contributed by atoms with Gasteiger partial charge in [-0.3, -0.25) is 4.79 Å². The number of amides is 1. The normalized spacial score (nSPS) is 14.3. The lowest BCUT2D eigenvalue weighted by Crippen LogP contribution is -2.16. The summed E-state index contributed by atoms with van der Waals surface area (Å²) >= 11 is 6.15. The molecule has 4 aromatic rings. The van der Waals surface area contributed by atoms with E-state index in [4.69, 9.17) is 11.6 Å². The number of anilines is 1. The van der Waals surface area contributed by atoms with Gasteiger partial charge < -0.3 is 5.32 Å². The van der Waals surface area contributed by atoms with Crippen molar-refractivity contribution < 1.29 is 4.79 Å². The van der Waals surface area contributed by atoms with Crippen LogP contribution in [0.1, 0.15) is 44.2 Å². The summed E-state index contributed by atoms with van der Waals surface area (Å²) in [7, 11) is 0. The lowest BCUT2D eigenvalue weighted by molar-refractivity contribution is -0.116. The standard InChI is InChI=1S/C23H24ClN7O/c1-15-11-20(28-21(32)10-9-16-5-2-3-6-16)31(29-15)23-19-13-27-30(22(19)25-14-26-23)18-8-4-7-17(24)12-18/h4,7-8,11-14,16H,2-3,5-6,9-10H2,1H3,(H,28,32). The summed E-state index contributed by atoms with van der Waals surface area (Å²) in [6.45, 7) is 1.89. The van der Waals surface area contributed by atoms with Crippen molar-refractivity contribution in [2.75, 3.05) is 5.32 Å². The van der Waals surface area contributed by atoms with E-state index in [1.165, 1.54) is 32.0 Å². The van der Waals surface area contributed by atoms with Crippen LogP contribution in [0.5, 0.6) is 0 Å². The molecule has 1 aliphatic rings. The number of nitrogens with zero attached hydrogens (tertiary/aromatic N) is 6. The first-order chi connectivity index (χ1) is 15.6. The molecule has 0 unspecified atom stereocenters. The van der Waals surface area contributed by atoms with E-state index in [9.17, 15) is 4.79 Å². The zero-order valence-corrected chi connectivity index (χ0v) is 18.6. The molecule has 3 heterocycles. The summed E-state index contributed by atoms with van der Waals surface area (Å²) in [5.74, 6) is 1.82. The number of aryl methyl sites for hydroxylation is 1. The van der Waals surface area contributed by atoms with Crippen LogP contribution >= 0.6 is 11.6 Å². The molecule has 1 aliphatic carbocycles. The van der Waals surface area contributed by atoms with Crippen LogP contribution < -0.4 is 5.32 Å². The van der Waals surface area contributed by atoms with Crippen LogP contribution in [0.2, 0.25) is 5.02 Å². The maximum Gasteiger partial charge on any atom is 0.225 e. The van der Waals surface area contributed by atoms with Gasteiger partial charge in [0.25, 0.3) is 0 Å². The van der Waals surface area contributed by atoms with Crippen LogP contribution in [0.25, 0.3) is 22.5 Å². The van der Waals surface area contributed by atoms with Gasteiger partial charge >= 0.3 is 0 Å². The summed E-state index contributed by atoms with van der Waals surface area (Å²) in [5.41, 5.74) is 2.21. The van der Waals surface area contributed by atoms with E-state index < -0.39 is 0 Å². The largest absolute Gasteiger partial charge is 0.311 e. The van der Waals surface area contributed by atoms with Crippen molar-refractivity contribution >= 4 is 34.4 Å². The number of fused-ring (bicyclic) bond motifs is 1. The van der Waals surface area contributed by atoms with E-state index >= 15 is 0 Å². The van der Waals surface area contributed by atoms with Gasteiger partial charge in [0.05, 0.1) is 23.0 Å². The van der Waals surface area contributed by atoms with Gasteiger partial charge in [-0.1, -0.05) is 43.4 Å². The first kappa shape index (κ1) is 20.6. The third-order valence-electron chi connectivity index (χ3n) is 5.95. The highest BCUT2D eigenvalue weighted by molar-refractivity contribution is 6.30. The van der Waals surface area contributed by atoms with E-state index in [-0.39, 0.29) is 5.91 Å². The number of halogens is 1. The predicted octanol–water partition coefficient (Wildman–Crippen LogP) is 4.87. The Kier molecular flexibility index (Phi) is 5.61. The third kappa shape index (κ3) is 4.10. The SMILES string of the molecule is Cc1cc(NC(=O)CCC2CCCC2)n(-c2ncnc3c2cnn3-c2cccc(Cl)c2)n1. The van der Waals surface area contributed by atoms with Crippen LogP contribution in [0.4, 0.5) is 5.82 Å². The van der Waals surface area contributed by atoms with Gasteiger partial charge in [-0.25, -0.2) is 14.6 Å². The zero-order chi connectivity index (χ0) is 22.1. The molecule has 0 radical (unpaired) electrons. The van der Waals surface area contributed by atoms with Gasteiger partial charge in [-0.15, -0.1) is 0 Å². The molecule has 0 bridgehead atoms. The Morgan fingerprint density at radius 2 is 2.03 bits per heavy atom. The quantitative estimate of drug-likeness (QED) is 0.453. The molecule has 3 aromatic heterocycles. The predicted molar refractivity (Wildman–Crippen MR) is 123 cm³/mol. The van der Waals surface area contributed by atoms with Crippen molar-refractivity contribution in [3.63, 3.8) is 0 Å². The number of carbonyl (C=O) groups is 1. The number of benzene rings is 1. The molecule has 0 aliphatic heterocycles. The Morgan fingerprint density at radius 1 is 1.19 bits per heavy atom. The fraction of sp³-hybridized carbons (Fsp3) is 0.348. The van der Waals surface area contributed by atoms with E-state index in [0.717, 1.165) is 23.2 Å². The second-order valence-electron chi connectivity index (χ2n) is 8.29. The average molecular weight is 450 g/mol. The molecule has 1 aromatic carbocycles. The molecule has 1 amide bonds. The van der Waals surface area contributed by atoms with E-state index in [2.05, 4.69) is 25.5 Å². The number of aromatic nitrogens is 6. The molecule has 164 valence electrons. The van der Waals surface area contributed by atoms with Crippen molar-refractivity contribution in [3.8, 4) is 11.5 Å². The maximum atomic E-state index is 12.6. The smallest absolute Gasteiger partial charge is 0.225 e. The Hall–Kier alpha value is -3.26. The van der Waals surface area contributed by atoms with Gasteiger partial charge in [0.2, 0.25) is 5.91 Å². The Balaban J connectivity index is 1.45. The molecule has 32 heavy (non-hydrogen) atoms. The van der Waals surface area contributed by atoms with Crippen molar-refractivity contribution in [3.05, 3.63) is 53.6 Å². The molecule has 9 heteroatoms. The summed E-state index contributed by atoms with van der Waals surface area (Å²) in [6.07, 6.45) is 9.66. The number of carbonyl (C=O) groups excluding carboxylic acids is 1. The van der Waals surface area contributed by atoms with Crippen molar-refractivity contribution in [1.29, 1.82) is 0 Å². The molecule has 1 saturated carbocycles. The number of nitrogens with one attached hydrogen (secondary N) is 1. The highest BCUT2D eigenvalue weighted by Crippen LogP contribution is 2.29. The van der Waals surface area contributed by atoms with Crippen LogP contribution in [0, 0.1) is 12.8 Å². The van der Waals surface area contributed by atoms with Crippen LogP contribution in [0.3, 0.4) is 0 Å². The van der Waals surface area contributed by atoms with Crippen LogP contribution in [0.15, 0.2) is 42.9 Å². The highest BCUT2D eigenvalue weighted by Gasteiger charge is 2.19. The minimum absolute atomic E-state index is 0.00188. The van der Waals surface area contributed by atoms with Gasteiger partial charge in [-0.2, -0.15) is 14.9 Å². The average Bonchev–Trinajstić information content (AvgIpc) is 3.52. The number of rotatable bonds is 6. The van der Waals surface area contributed by atoms with Crippen molar-refractivity contribution in [2.45, 2.75) is 45.4 Å². The first-order valence-corrected chi connectivity index (χ1v) is 11.3. The molecule has 1 N–H and O–H groups in total. The fourth-order valence-electron chi connectivity index (χ4n) is 4.39. The second kappa shape index (κ2) is 8.70. The molecule has 8 nitrogen and oxygen atoms in total. The minimum Gasteiger partial charge on any atom is -0.311 e. The van der Waals surface area contributed by atoms with Gasteiger partial charge in [-0.05, 0) is 37.5 Å². The highest BCUT2D eigenvalue weighted by atomic mass is 35.5. The maximum absolute atomic E-state index is 12.6. The number of hydrogen-bond donors (Lipinski definition) is 1. The molecular formula is C23H24ClN7O. The summed E-state index contributed by atoms with van der Waals surface area (Å²) in [4.78, 5) is 21.5. The van der Waals surface area contributed by atoms with Crippen molar-refractivity contribution in [1.82, 2.24) is 29.5 Å². The Bertz CT molecular complexity index is 1270. The van der Waals surface area contributed by atoms with E-state index in [0.29, 0.717) is 34.6 Å². The summed E-state index contributed by atoms with van der Waals surface area (Å²) in [6, 6.07) is 9.26. The van der Waals surface area contributed by atoms with Crippen molar-refractivity contribution in [2.24, 2.45) is 5.92 Å². The summed E-state index contributed by atoms with van der Waals surface area (Å²) in [5, 5.41) is 13.4. The third-order valence-corrected chi connectivity index (χ3v) is 6.19. The fourth-order valence-corrected chi connectivity index (χ4v) is 4.57. The van der Waals surface area contributed by atoms with Crippen LogP contribution in [-0.4, -0.2) is 35.4 Å². The summed E-state index contributed by atoms with van der Waals surface area (Å²) < 4.78 is 3.36. The molecule has 0 saturated heterocycles. The molecule has 5 rings (SSSR count).